The van der Waals surface area contributed by atoms with Crippen molar-refractivity contribution in [2.24, 2.45) is 0 Å². The summed E-state index contributed by atoms with van der Waals surface area (Å²) in [5, 5.41) is 10.7. The first-order valence-electron chi connectivity index (χ1n) is 5.05. The molecule has 1 unspecified atom stereocenters. The van der Waals surface area contributed by atoms with Gasteiger partial charge in [-0.2, -0.15) is 0 Å². The van der Waals surface area contributed by atoms with Crippen molar-refractivity contribution in [3.63, 3.8) is 0 Å². The van der Waals surface area contributed by atoms with Gasteiger partial charge in [0.2, 0.25) is 0 Å². The smallest absolute Gasteiger partial charge is 0.191 e. The Morgan fingerprint density at radius 3 is 2.82 bits per heavy atom. The van der Waals surface area contributed by atoms with Gasteiger partial charge in [0.1, 0.15) is 23.8 Å². The van der Waals surface area contributed by atoms with Crippen LogP contribution in [0.15, 0.2) is 28.9 Å². The van der Waals surface area contributed by atoms with Crippen LogP contribution < -0.4 is 4.74 Å². The summed E-state index contributed by atoms with van der Waals surface area (Å²) >= 11 is 5.90. The number of rotatable bonds is 3. The number of hydrogen-bond donors (Lipinski definition) is 1. The van der Waals surface area contributed by atoms with E-state index < -0.39 is 6.10 Å². The van der Waals surface area contributed by atoms with Crippen molar-refractivity contribution in [3.8, 4) is 5.75 Å². The molecule has 0 aliphatic rings. The van der Waals surface area contributed by atoms with Gasteiger partial charge in [-0.15, -0.1) is 0 Å². The van der Waals surface area contributed by atoms with E-state index in [1.165, 1.54) is 13.4 Å². The largest absolute Gasteiger partial charge is 0.496 e. The lowest BCUT2D eigenvalue weighted by Gasteiger charge is -2.12. The second kappa shape index (κ2) is 4.77. The zero-order chi connectivity index (χ0) is 12.4. The van der Waals surface area contributed by atoms with Crippen LogP contribution in [-0.4, -0.2) is 17.2 Å². The molecule has 0 radical (unpaired) electrons. The highest BCUT2D eigenvalue weighted by molar-refractivity contribution is 6.30. The van der Waals surface area contributed by atoms with E-state index in [0.717, 1.165) is 0 Å². The average molecular weight is 254 g/mol. The van der Waals surface area contributed by atoms with Gasteiger partial charge in [0.15, 0.2) is 5.89 Å². The molecule has 0 amide bonds. The Morgan fingerprint density at radius 2 is 2.24 bits per heavy atom. The zero-order valence-electron chi connectivity index (χ0n) is 9.48. The Kier molecular flexibility index (Phi) is 3.36. The second-order valence-corrected chi connectivity index (χ2v) is 4.02. The minimum absolute atomic E-state index is 0.433. The lowest BCUT2D eigenvalue weighted by Crippen LogP contribution is -2.03. The van der Waals surface area contributed by atoms with Crippen molar-refractivity contribution in [1.82, 2.24) is 4.98 Å². The van der Waals surface area contributed by atoms with Gasteiger partial charge >= 0.3 is 0 Å². The quantitative estimate of drug-likeness (QED) is 0.914. The zero-order valence-corrected chi connectivity index (χ0v) is 10.2. The second-order valence-electron chi connectivity index (χ2n) is 3.58. The SMILES string of the molecule is COc1ccc(Cl)cc1C(O)c1coc(C)n1. The number of halogens is 1. The Balaban J connectivity index is 2.42. The van der Waals surface area contributed by atoms with Gasteiger partial charge in [0.25, 0.3) is 0 Å². The molecular formula is C12H12ClNO3. The van der Waals surface area contributed by atoms with Crippen molar-refractivity contribution >= 4 is 11.6 Å². The number of aryl methyl sites for hydroxylation is 1. The molecule has 5 heteroatoms. The van der Waals surface area contributed by atoms with Crippen molar-refractivity contribution in [1.29, 1.82) is 0 Å². The summed E-state index contributed by atoms with van der Waals surface area (Å²) in [5.74, 6) is 1.06. The Bertz CT molecular complexity index is 524. The Labute approximate surface area is 104 Å². The molecule has 1 aromatic carbocycles. The van der Waals surface area contributed by atoms with E-state index in [9.17, 15) is 5.11 Å². The molecule has 2 rings (SSSR count). The summed E-state index contributed by atoms with van der Waals surface area (Å²) in [5.41, 5.74) is 0.997. The molecule has 17 heavy (non-hydrogen) atoms. The van der Waals surface area contributed by atoms with E-state index in [4.69, 9.17) is 20.8 Å². The number of aromatic nitrogens is 1. The third-order valence-electron chi connectivity index (χ3n) is 2.40. The summed E-state index contributed by atoms with van der Waals surface area (Å²) < 4.78 is 10.2. The Morgan fingerprint density at radius 1 is 1.47 bits per heavy atom. The van der Waals surface area contributed by atoms with Crippen molar-refractivity contribution in [3.05, 3.63) is 46.6 Å². The van der Waals surface area contributed by atoms with Crippen LogP contribution in [0, 0.1) is 6.92 Å². The minimum Gasteiger partial charge on any atom is -0.496 e. The maximum atomic E-state index is 10.2. The number of aliphatic hydroxyl groups is 1. The van der Waals surface area contributed by atoms with E-state index in [1.54, 1.807) is 25.1 Å². The lowest BCUT2D eigenvalue weighted by molar-refractivity contribution is 0.209. The molecule has 1 heterocycles. The maximum Gasteiger partial charge on any atom is 0.191 e. The van der Waals surface area contributed by atoms with Crippen LogP contribution in [0.2, 0.25) is 5.02 Å². The van der Waals surface area contributed by atoms with Gasteiger partial charge in [-0.05, 0) is 18.2 Å². The number of benzene rings is 1. The van der Waals surface area contributed by atoms with Crippen LogP contribution >= 0.6 is 11.6 Å². The monoisotopic (exact) mass is 253 g/mol. The number of hydrogen-bond acceptors (Lipinski definition) is 4. The fraction of sp³-hybridized carbons (Fsp3) is 0.250. The number of methoxy groups -OCH3 is 1. The molecule has 2 aromatic rings. The average Bonchev–Trinajstić information content (AvgIpc) is 2.75. The lowest BCUT2D eigenvalue weighted by atomic mass is 10.1. The van der Waals surface area contributed by atoms with Gasteiger partial charge in [-0.25, -0.2) is 4.98 Å². The summed E-state index contributed by atoms with van der Waals surface area (Å²) in [4.78, 5) is 4.08. The van der Waals surface area contributed by atoms with E-state index in [-0.39, 0.29) is 0 Å². The van der Waals surface area contributed by atoms with Crippen LogP contribution in [0.25, 0.3) is 0 Å². The summed E-state index contributed by atoms with van der Waals surface area (Å²) in [6.07, 6.45) is 0.501. The van der Waals surface area contributed by atoms with Crippen molar-refractivity contribution in [2.45, 2.75) is 13.0 Å². The van der Waals surface area contributed by atoms with Crippen LogP contribution in [0.1, 0.15) is 23.3 Å². The molecule has 0 aliphatic carbocycles. The first kappa shape index (κ1) is 12.0. The molecule has 0 aliphatic heterocycles. The number of aliphatic hydroxyl groups excluding tert-OH is 1. The van der Waals surface area contributed by atoms with Gasteiger partial charge in [0.05, 0.1) is 7.11 Å². The molecule has 4 nitrogen and oxygen atoms in total. The number of oxazole rings is 1. The highest BCUT2D eigenvalue weighted by Gasteiger charge is 2.19. The fourth-order valence-electron chi connectivity index (χ4n) is 1.58. The van der Waals surface area contributed by atoms with Crippen LogP contribution in [0.5, 0.6) is 5.75 Å². The number of ether oxygens (including phenoxy) is 1. The molecule has 1 N–H and O–H groups in total. The molecule has 0 saturated carbocycles. The van der Waals surface area contributed by atoms with E-state index >= 15 is 0 Å². The van der Waals surface area contributed by atoms with Crippen molar-refractivity contribution < 1.29 is 14.3 Å². The van der Waals surface area contributed by atoms with Gasteiger partial charge in [-0.3, -0.25) is 0 Å². The predicted molar refractivity (Wildman–Crippen MR) is 63.3 cm³/mol. The molecule has 1 atom stereocenters. The summed E-state index contributed by atoms with van der Waals surface area (Å²) in [6.45, 7) is 1.71. The molecule has 0 saturated heterocycles. The maximum absolute atomic E-state index is 10.2. The predicted octanol–water partition coefficient (Wildman–Crippen LogP) is 2.73. The molecule has 0 bridgehead atoms. The van der Waals surface area contributed by atoms with E-state index in [0.29, 0.717) is 27.9 Å². The number of nitrogens with zero attached hydrogens (tertiary/aromatic N) is 1. The third-order valence-corrected chi connectivity index (χ3v) is 2.64. The standard InChI is InChI=1S/C12H12ClNO3/c1-7-14-10(6-17-7)12(15)9-5-8(13)3-4-11(9)16-2/h3-6,12,15H,1-2H3. The van der Waals surface area contributed by atoms with Gasteiger partial charge < -0.3 is 14.3 Å². The first-order valence-corrected chi connectivity index (χ1v) is 5.43. The van der Waals surface area contributed by atoms with Crippen LogP contribution in [0.4, 0.5) is 0 Å². The summed E-state index contributed by atoms with van der Waals surface area (Å²) in [6, 6.07) is 5.05. The molecule has 1 aromatic heterocycles. The normalized spacial score (nSPS) is 12.5. The first-order chi connectivity index (χ1) is 8.11. The highest BCUT2D eigenvalue weighted by atomic mass is 35.5. The van der Waals surface area contributed by atoms with E-state index in [1.807, 2.05) is 0 Å². The molecular weight excluding hydrogens is 242 g/mol. The third kappa shape index (κ3) is 2.43. The summed E-state index contributed by atoms with van der Waals surface area (Å²) in [7, 11) is 1.54. The Hall–Kier alpha value is -1.52. The minimum atomic E-state index is -0.916. The molecule has 0 spiro atoms. The molecule has 0 fully saturated rings. The van der Waals surface area contributed by atoms with Crippen LogP contribution in [-0.2, 0) is 0 Å². The van der Waals surface area contributed by atoms with E-state index in [2.05, 4.69) is 4.98 Å². The highest BCUT2D eigenvalue weighted by Crippen LogP contribution is 2.31. The van der Waals surface area contributed by atoms with Crippen molar-refractivity contribution in [2.75, 3.05) is 7.11 Å². The molecule has 90 valence electrons. The van der Waals surface area contributed by atoms with Crippen LogP contribution in [0.3, 0.4) is 0 Å². The topological polar surface area (TPSA) is 55.5 Å². The van der Waals surface area contributed by atoms with Gasteiger partial charge in [-0.1, -0.05) is 11.6 Å². The van der Waals surface area contributed by atoms with Gasteiger partial charge in [0, 0.05) is 17.5 Å². The fourth-order valence-corrected chi connectivity index (χ4v) is 1.76.